The van der Waals surface area contributed by atoms with Crippen LogP contribution in [-0.4, -0.2) is 83.0 Å². The molecule has 2 N–H and O–H groups in total. The molecule has 1 fully saturated rings. The predicted molar refractivity (Wildman–Crippen MR) is 173 cm³/mol. The standard InChI is InChI=1S/C34H36N6O6/c1-39(2)21-35-32-37-30-29(31(42)38-32)36-33(44-4)40(30)28-19-26(41)27(46-28)20-45-34(22-11-7-5-8-12-22,23-13-9-6-10-14-23)24-15-17-25(43-3)18-16-24/h5-18,21,26-28,41H,19-20H2,1-4H3,(H,37,38,42)/b35-21+/t26-,27+,28+/m0/s1. The van der Waals surface area contributed by atoms with E-state index in [0.717, 1.165) is 22.4 Å². The normalized spacial score (nSPS) is 18.3. The highest BCUT2D eigenvalue weighted by molar-refractivity contribution is 5.73. The number of H-pyrrole nitrogens is 1. The molecule has 0 aliphatic carbocycles. The number of nitrogens with one attached hydrogen (secondary N) is 1. The van der Waals surface area contributed by atoms with E-state index < -0.39 is 29.6 Å². The Morgan fingerprint density at radius 2 is 1.61 bits per heavy atom. The lowest BCUT2D eigenvalue weighted by Crippen LogP contribution is -2.38. The van der Waals surface area contributed by atoms with Crippen LogP contribution in [0.4, 0.5) is 5.95 Å². The van der Waals surface area contributed by atoms with Crippen LogP contribution in [0.2, 0.25) is 0 Å². The first-order valence-corrected chi connectivity index (χ1v) is 14.8. The molecule has 238 valence electrons. The fraction of sp³-hybridized carbons (Fsp3) is 0.294. The number of benzene rings is 3. The van der Waals surface area contributed by atoms with E-state index in [9.17, 15) is 9.90 Å². The van der Waals surface area contributed by atoms with Crippen LogP contribution in [-0.2, 0) is 15.1 Å². The summed E-state index contributed by atoms with van der Waals surface area (Å²) in [5.41, 5.74) is 1.49. The van der Waals surface area contributed by atoms with Crippen molar-refractivity contribution in [2.24, 2.45) is 4.99 Å². The molecule has 1 saturated heterocycles. The van der Waals surface area contributed by atoms with Gasteiger partial charge in [0.15, 0.2) is 11.2 Å². The van der Waals surface area contributed by atoms with Crippen molar-refractivity contribution >= 4 is 23.5 Å². The fourth-order valence-electron chi connectivity index (χ4n) is 5.74. The van der Waals surface area contributed by atoms with Crippen molar-refractivity contribution in [3.63, 3.8) is 0 Å². The Bertz CT molecular complexity index is 1820. The SMILES string of the molecule is COc1ccc(C(OC[C@H]2O[C@@H](n3c(OC)nc4c(=O)[nH]c(/N=C/N(C)C)nc43)C[C@@H]2O)(c2ccccc2)c2ccccc2)cc1. The van der Waals surface area contributed by atoms with Crippen LogP contribution < -0.4 is 15.0 Å². The van der Waals surface area contributed by atoms with Gasteiger partial charge in [0, 0.05) is 20.5 Å². The van der Waals surface area contributed by atoms with E-state index in [1.165, 1.54) is 13.4 Å². The zero-order valence-electron chi connectivity index (χ0n) is 26.0. The molecule has 0 radical (unpaired) electrons. The number of imidazole rings is 1. The van der Waals surface area contributed by atoms with E-state index >= 15 is 0 Å². The van der Waals surface area contributed by atoms with Crippen LogP contribution >= 0.6 is 0 Å². The van der Waals surface area contributed by atoms with E-state index in [1.807, 2.05) is 99.0 Å². The van der Waals surface area contributed by atoms with Crippen LogP contribution in [0.25, 0.3) is 11.2 Å². The van der Waals surface area contributed by atoms with Crippen molar-refractivity contribution in [3.8, 4) is 11.8 Å². The minimum atomic E-state index is -1.04. The Kier molecular flexibility index (Phi) is 8.84. The maximum absolute atomic E-state index is 12.9. The number of aliphatic imine (C=N–C) groups is 1. The summed E-state index contributed by atoms with van der Waals surface area (Å²) in [5.74, 6) is 0.823. The van der Waals surface area contributed by atoms with Gasteiger partial charge in [-0.15, -0.1) is 0 Å². The number of hydrogen-bond acceptors (Lipinski definition) is 9. The van der Waals surface area contributed by atoms with Gasteiger partial charge in [0.05, 0.1) is 33.3 Å². The van der Waals surface area contributed by atoms with Gasteiger partial charge >= 0.3 is 6.01 Å². The van der Waals surface area contributed by atoms with Crippen molar-refractivity contribution in [1.82, 2.24) is 24.4 Å². The van der Waals surface area contributed by atoms with Crippen molar-refractivity contribution in [1.29, 1.82) is 0 Å². The third-order valence-corrected chi connectivity index (χ3v) is 7.91. The number of aromatic amines is 1. The summed E-state index contributed by atoms with van der Waals surface area (Å²) >= 11 is 0. The molecule has 2 aromatic heterocycles. The number of hydrogen-bond donors (Lipinski definition) is 2. The lowest BCUT2D eigenvalue weighted by Gasteiger charge is -2.37. The van der Waals surface area contributed by atoms with Gasteiger partial charge in [-0.3, -0.25) is 14.3 Å². The number of methoxy groups -OCH3 is 2. The second-order valence-electron chi connectivity index (χ2n) is 11.1. The molecule has 3 heterocycles. The summed E-state index contributed by atoms with van der Waals surface area (Å²) in [4.78, 5) is 30.4. The molecular formula is C34H36N6O6. The van der Waals surface area contributed by atoms with E-state index in [1.54, 1.807) is 16.6 Å². The van der Waals surface area contributed by atoms with Gasteiger partial charge in [0.2, 0.25) is 5.95 Å². The molecule has 3 atom stereocenters. The maximum atomic E-state index is 12.9. The molecule has 1 aliphatic rings. The average molecular weight is 625 g/mol. The Morgan fingerprint density at radius 1 is 0.978 bits per heavy atom. The quantitative estimate of drug-likeness (QED) is 0.127. The number of rotatable bonds is 11. The topological polar surface area (TPSA) is 136 Å². The van der Waals surface area contributed by atoms with Crippen molar-refractivity contribution < 1.29 is 24.1 Å². The minimum Gasteiger partial charge on any atom is -0.497 e. The molecule has 6 rings (SSSR count). The summed E-state index contributed by atoms with van der Waals surface area (Å²) in [7, 11) is 6.70. The van der Waals surface area contributed by atoms with Crippen LogP contribution in [0.5, 0.6) is 11.8 Å². The second-order valence-corrected chi connectivity index (χ2v) is 11.1. The summed E-state index contributed by atoms with van der Waals surface area (Å²) in [6, 6.07) is 27.8. The number of aliphatic hydroxyl groups excluding tert-OH is 1. The van der Waals surface area contributed by atoms with Crippen LogP contribution in [0, 0.1) is 0 Å². The Balaban J connectivity index is 1.36. The minimum absolute atomic E-state index is 0.0365. The Labute approximate surface area is 265 Å². The zero-order chi connectivity index (χ0) is 32.3. The molecule has 46 heavy (non-hydrogen) atoms. The summed E-state index contributed by atoms with van der Waals surface area (Å²) in [5, 5.41) is 11.3. The van der Waals surface area contributed by atoms with Gasteiger partial charge in [-0.1, -0.05) is 72.8 Å². The smallest absolute Gasteiger partial charge is 0.300 e. The third-order valence-electron chi connectivity index (χ3n) is 7.91. The van der Waals surface area contributed by atoms with Gasteiger partial charge in [-0.2, -0.15) is 9.97 Å². The molecule has 5 aromatic rings. The summed E-state index contributed by atoms with van der Waals surface area (Å²) in [6.45, 7) is 0.0365. The van der Waals surface area contributed by atoms with Crippen molar-refractivity contribution in [2.45, 2.75) is 30.5 Å². The van der Waals surface area contributed by atoms with Gasteiger partial charge in [-0.05, 0) is 28.8 Å². The van der Waals surface area contributed by atoms with Crippen molar-refractivity contribution in [2.75, 3.05) is 34.9 Å². The summed E-state index contributed by atoms with van der Waals surface area (Å²) < 4.78 is 25.9. The molecule has 1 aliphatic heterocycles. The number of nitrogens with zero attached hydrogens (tertiary/aromatic N) is 5. The van der Waals surface area contributed by atoms with Crippen molar-refractivity contribution in [3.05, 3.63) is 112 Å². The predicted octanol–water partition coefficient (Wildman–Crippen LogP) is 4.02. The number of aliphatic hydroxyl groups is 1. The van der Waals surface area contributed by atoms with E-state index in [0.29, 0.717) is 0 Å². The molecule has 12 nitrogen and oxygen atoms in total. The number of aromatic nitrogens is 4. The van der Waals surface area contributed by atoms with E-state index in [2.05, 4.69) is 19.9 Å². The highest BCUT2D eigenvalue weighted by atomic mass is 16.6. The van der Waals surface area contributed by atoms with E-state index in [4.69, 9.17) is 18.9 Å². The summed E-state index contributed by atoms with van der Waals surface area (Å²) in [6.07, 6.45) is -0.662. The lowest BCUT2D eigenvalue weighted by molar-refractivity contribution is -0.0938. The highest BCUT2D eigenvalue weighted by Crippen LogP contribution is 2.42. The molecule has 0 saturated carbocycles. The highest BCUT2D eigenvalue weighted by Gasteiger charge is 2.43. The zero-order valence-corrected chi connectivity index (χ0v) is 26.0. The second kappa shape index (κ2) is 13.1. The third kappa shape index (κ3) is 5.85. The molecule has 0 amide bonds. The first-order valence-electron chi connectivity index (χ1n) is 14.8. The van der Waals surface area contributed by atoms with Gasteiger partial charge < -0.3 is 29.0 Å². The Morgan fingerprint density at radius 3 is 2.20 bits per heavy atom. The monoisotopic (exact) mass is 624 g/mol. The Hall–Kier alpha value is -5.04. The van der Waals surface area contributed by atoms with Gasteiger partial charge in [-0.25, -0.2) is 4.99 Å². The molecule has 0 spiro atoms. The van der Waals surface area contributed by atoms with Crippen LogP contribution in [0.15, 0.2) is 94.7 Å². The van der Waals surface area contributed by atoms with Crippen LogP contribution in [0.1, 0.15) is 29.3 Å². The van der Waals surface area contributed by atoms with Gasteiger partial charge in [0.25, 0.3) is 5.56 Å². The molecular weight excluding hydrogens is 588 g/mol. The van der Waals surface area contributed by atoms with Crippen LogP contribution in [0.3, 0.4) is 0 Å². The lowest BCUT2D eigenvalue weighted by atomic mass is 9.80. The maximum Gasteiger partial charge on any atom is 0.300 e. The first-order chi connectivity index (χ1) is 22.3. The fourth-order valence-corrected chi connectivity index (χ4v) is 5.74. The number of ether oxygens (including phenoxy) is 4. The molecule has 0 bridgehead atoms. The number of fused-ring (bicyclic) bond motifs is 1. The molecule has 12 heteroatoms. The first kappa shape index (κ1) is 31.0. The van der Waals surface area contributed by atoms with E-state index in [-0.39, 0.29) is 36.2 Å². The largest absolute Gasteiger partial charge is 0.497 e. The average Bonchev–Trinajstić information content (AvgIpc) is 3.65. The molecule has 3 aromatic carbocycles. The molecule has 0 unspecified atom stereocenters. The van der Waals surface area contributed by atoms with Gasteiger partial charge in [0.1, 0.15) is 23.7 Å².